The van der Waals surface area contributed by atoms with Crippen molar-refractivity contribution in [3.63, 3.8) is 0 Å². The molecule has 2 saturated heterocycles. The van der Waals surface area contributed by atoms with Gasteiger partial charge in [-0.05, 0) is 83.4 Å². The Kier molecular flexibility index (Phi) is 11.7. The summed E-state index contributed by atoms with van der Waals surface area (Å²) < 4.78 is 26.5. The SMILES string of the molecule is CC(C)(C)OC(=O)N1[C@@H]2CC[C@H]1CC(c1cc(N(COCC[Si](C)(C)C)COCC[Si](C)(C)C)n3ncc(-c4ccc(OCC5CC5)nc4)c3n1)C2. The summed E-state index contributed by atoms with van der Waals surface area (Å²) in [6.45, 7) is 23.0. The van der Waals surface area contributed by atoms with Crippen LogP contribution in [0.15, 0.2) is 30.6 Å². The number of rotatable bonds is 16. The fourth-order valence-corrected chi connectivity index (χ4v) is 8.54. The van der Waals surface area contributed by atoms with E-state index >= 15 is 0 Å². The van der Waals surface area contributed by atoms with E-state index in [-0.39, 0.29) is 24.1 Å². The van der Waals surface area contributed by atoms with Crippen LogP contribution >= 0.6 is 0 Å². The third-order valence-corrected chi connectivity index (χ3v) is 13.7. The molecule has 52 heavy (non-hydrogen) atoms. The van der Waals surface area contributed by atoms with E-state index in [0.29, 0.717) is 38.5 Å². The molecule has 3 aliphatic rings. The van der Waals surface area contributed by atoms with Gasteiger partial charge in [-0.2, -0.15) is 9.61 Å². The van der Waals surface area contributed by atoms with E-state index in [4.69, 9.17) is 29.0 Å². The Hall–Kier alpha value is -3.01. The van der Waals surface area contributed by atoms with E-state index in [1.54, 1.807) is 0 Å². The lowest BCUT2D eigenvalue weighted by Gasteiger charge is -2.39. The number of anilines is 1. The van der Waals surface area contributed by atoms with Gasteiger partial charge in [-0.1, -0.05) is 39.3 Å². The number of fused-ring (bicyclic) bond motifs is 3. The highest BCUT2D eigenvalue weighted by molar-refractivity contribution is 6.76. The topological polar surface area (TPSA) is 104 Å². The molecule has 0 aromatic carbocycles. The molecule has 0 N–H and O–H groups in total. The monoisotopic (exact) mass is 750 g/mol. The second-order valence-electron chi connectivity index (χ2n) is 18.6. The number of amides is 1. The number of hydrogen-bond donors (Lipinski definition) is 0. The van der Waals surface area contributed by atoms with Gasteiger partial charge in [-0.3, -0.25) is 0 Å². The number of pyridine rings is 1. The summed E-state index contributed by atoms with van der Waals surface area (Å²) in [5, 5.41) is 4.93. The fraction of sp³-hybridized carbons (Fsp3) is 0.692. The van der Waals surface area contributed by atoms with Crippen LogP contribution in [0.4, 0.5) is 10.6 Å². The molecule has 1 aliphatic carbocycles. The van der Waals surface area contributed by atoms with Crippen molar-refractivity contribution in [2.24, 2.45) is 5.92 Å². The van der Waals surface area contributed by atoms with E-state index < -0.39 is 21.7 Å². The summed E-state index contributed by atoms with van der Waals surface area (Å²) in [7, 11) is -2.53. The second-order valence-corrected chi connectivity index (χ2v) is 29.9. The Morgan fingerprint density at radius 1 is 0.904 bits per heavy atom. The first-order chi connectivity index (χ1) is 24.5. The summed E-state index contributed by atoms with van der Waals surface area (Å²) >= 11 is 0. The summed E-state index contributed by atoms with van der Waals surface area (Å²) in [5.74, 6) is 2.38. The lowest BCUT2D eigenvalue weighted by molar-refractivity contribution is 0.00568. The molecule has 2 aliphatic heterocycles. The number of carbonyl (C=O) groups is 1. The van der Waals surface area contributed by atoms with Gasteiger partial charge >= 0.3 is 6.09 Å². The van der Waals surface area contributed by atoms with Gasteiger partial charge in [0, 0.05) is 82.5 Å². The van der Waals surface area contributed by atoms with Crippen LogP contribution in [0.2, 0.25) is 51.4 Å². The van der Waals surface area contributed by atoms with Gasteiger partial charge in [0.1, 0.15) is 24.9 Å². The van der Waals surface area contributed by atoms with Crippen LogP contribution in [0.5, 0.6) is 5.88 Å². The Morgan fingerprint density at radius 2 is 1.54 bits per heavy atom. The number of carbonyl (C=O) groups excluding carboxylic acids is 1. The zero-order valence-corrected chi connectivity index (χ0v) is 35.1. The molecule has 5 heterocycles. The van der Waals surface area contributed by atoms with E-state index in [0.717, 1.165) is 72.7 Å². The molecular weight excluding hydrogens is 689 g/mol. The van der Waals surface area contributed by atoms with Crippen LogP contribution < -0.4 is 9.64 Å². The molecule has 3 aromatic heterocycles. The number of piperidine rings is 1. The first-order valence-corrected chi connectivity index (χ1v) is 26.8. The molecule has 1 amide bonds. The minimum Gasteiger partial charge on any atom is -0.477 e. The van der Waals surface area contributed by atoms with Crippen molar-refractivity contribution in [3.8, 4) is 17.0 Å². The fourth-order valence-electron chi connectivity index (χ4n) is 7.02. The van der Waals surface area contributed by atoms with Gasteiger partial charge in [0.2, 0.25) is 5.88 Å². The predicted octanol–water partition coefficient (Wildman–Crippen LogP) is 8.66. The molecule has 2 bridgehead atoms. The second kappa shape index (κ2) is 15.8. The van der Waals surface area contributed by atoms with E-state index in [1.165, 1.54) is 12.8 Å². The van der Waals surface area contributed by atoms with Crippen LogP contribution in [0, 0.1) is 5.92 Å². The summed E-state index contributed by atoms with van der Waals surface area (Å²) in [6, 6.07) is 8.62. The van der Waals surface area contributed by atoms with Crippen molar-refractivity contribution in [2.45, 2.75) is 134 Å². The Labute approximate surface area is 312 Å². The van der Waals surface area contributed by atoms with Crippen LogP contribution in [-0.2, 0) is 14.2 Å². The molecule has 3 fully saturated rings. The predicted molar refractivity (Wildman–Crippen MR) is 212 cm³/mol. The zero-order chi connectivity index (χ0) is 37.3. The Bertz CT molecular complexity index is 1620. The average Bonchev–Trinajstić information content (AvgIpc) is 3.73. The number of nitrogens with zero attached hydrogens (tertiary/aromatic N) is 6. The largest absolute Gasteiger partial charge is 0.477 e. The first kappa shape index (κ1) is 38.7. The van der Waals surface area contributed by atoms with Gasteiger partial charge in [-0.15, -0.1) is 0 Å². The molecule has 3 atom stereocenters. The highest BCUT2D eigenvalue weighted by Crippen LogP contribution is 2.44. The number of aromatic nitrogens is 4. The molecule has 3 aromatic rings. The average molecular weight is 751 g/mol. The van der Waals surface area contributed by atoms with Crippen molar-refractivity contribution in [2.75, 3.05) is 38.2 Å². The third kappa shape index (κ3) is 10.4. The van der Waals surface area contributed by atoms with Crippen LogP contribution in [0.25, 0.3) is 16.8 Å². The first-order valence-electron chi connectivity index (χ1n) is 19.4. The van der Waals surface area contributed by atoms with Gasteiger partial charge in [0.05, 0.1) is 12.8 Å². The highest BCUT2D eigenvalue weighted by atomic mass is 28.3. The lowest BCUT2D eigenvalue weighted by atomic mass is 9.88. The van der Waals surface area contributed by atoms with Crippen LogP contribution in [0.3, 0.4) is 0 Å². The van der Waals surface area contributed by atoms with E-state index in [9.17, 15) is 4.79 Å². The van der Waals surface area contributed by atoms with Gasteiger partial charge in [-0.25, -0.2) is 14.8 Å². The lowest BCUT2D eigenvalue weighted by Crippen LogP contribution is -2.48. The number of hydrogen-bond acceptors (Lipinski definition) is 9. The van der Waals surface area contributed by atoms with Crippen molar-refractivity contribution in [1.29, 1.82) is 0 Å². The van der Waals surface area contributed by atoms with E-state index in [1.807, 2.05) is 48.6 Å². The molecule has 11 nitrogen and oxygen atoms in total. The summed E-state index contributed by atoms with van der Waals surface area (Å²) in [5.41, 5.74) is 3.11. The zero-order valence-electron chi connectivity index (χ0n) is 33.1. The molecule has 13 heteroatoms. The minimum atomic E-state index is -1.27. The standard InChI is InChI=1S/C39H62N6O5Si2/c1-39(2,3)50-38(46)44-31-13-14-32(44)21-30(20-31)34-22-36(43(26-47-16-18-51(4,5)6)27-48-17-19-52(7,8)9)45-37(42-34)33(24-41-45)29-12-15-35(40-23-29)49-25-28-10-11-28/h12,15,22-24,28,30-32H,10-11,13-14,16-21,25-27H2,1-9H3/t30?,31-,32+. The molecule has 286 valence electrons. The van der Waals surface area contributed by atoms with E-state index in [2.05, 4.69) is 61.3 Å². The van der Waals surface area contributed by atoms with Crippen molar-refractivity contribution >= 4 is 33.7 Å². The smallest absolute Gasteiger partial charge is 0.410 e. The molecular formula is C39H62N6O5Si2. The normalized spacial score (nSPS) is 20.8. The molecule has 1 unspecified atom stereocenters. The summed E-state index contributed by atoms with van der Waals surface area (Å²) in [4.78, 5) is 27.5. The molecule has 0 radical (unpaired) electrons. The maximum atomic E-state index is 13.3. The third-order valence-electron chi connectivity index (χ3n) is 10.3. The van der Waals surface area contributed by atoms with Crippen molar-refractivity contribution < 1.29 is 23.7 Å². The van der Waals surface area contributed by atoms with Crippen molar-refractivity contribution in [3.05, 3.63) is 36.3 Å². The van der Waals surface area contributed by atoms with Gasteiger partial charge in [0.25, 0.3) is 0 Å². The van der Waals surface area contributed by atoms with Gasteiger partial charge < -0.3 is 28.7 Å². The van der Waals surface area contributed by atoms with Crippen LogP contribution in [0.1, 0.15) is 70.9 Å². The highest BCUT2D eigenvalue weighted by Gasteiger charge is 2.45. The maximum absolute atomic E-state index is 13.3. The Balaban J connectivity index is 1.33. The minimum absolute atomic E-state index is 0.128. The van der Waals surface area contributed by atoms with Crippen molar-refractivity contribution in [1.82, 2.24) is 24.5 Å². The molecule has 1 saturated carbocycles. The number of ether oxygens (including phenoxy) is 4. The van der Waals surface area contributed by atoms with Crippen LogP contribution in [-0.4, -0.2) is 97.7 Å². The summed E-state index contributed by atoms with van der Waals surface area (Å²) in [6.07, 6.45) is 9.68. The Morgan fingerprint density at radius 3 is 2.08 bits per heavy atom. The quantitative estimate of drug-likeness (QED) is 0.0809. The maximum Gasteiger partial charge on any atom is 0.410 e. The molecule has 0 spiro atoms. The molecule has 6 rings (SSSR count). The van der Waals surface area contributed by atoms with Gasteiger partial charge in [0.15, 0.2) is 5.65 Å².